The van der Waals surface area contributed by atoms with Gasteiger partial charge in [0, 0.05) is 25.3 Å². The van der Waals surface area contributed by atoms with Gasteiger partial charge in [0.25, 0.3) is 0 Å². The summed E-state index contributed by atoms with van der Waals surface area (Å²) in [5.74, 6) is -0.353. The highest BCUT2D eigenvalue weighted by Crippen LogP contribution is 2.19. The average molecular weight is 250 g/mol. The molecule has 1 aromatic heterocycles. The predicted molar refractivity (Wildman–Crippen MR) is 68.0 cm³/mol. The molecular formula is C12H18N4O2. The quantitative estimate of drug-likeness (QED) is 0.848. The lowest BCUT2D eigenvalue weighted by Crippen LogP contribution is -2.32. The molecule has 6 heteroatoms. The number of nitrogens with zero attached hydrogens (tertiary/aromatic N) is 4. The molecule has 0 aromatic carbocycles. The molecule has 0 spiro atoms. The zero-order valence-electron chi connectivity index (χ0n) is 10.9. The SMILES string of the molecule is Cc1nc(N2CCC(N(C)C)C2)ncc1C(=O)O. The van der Waals surface area contributed by atoms with Crippen molar-refractivity contribution >= 4 is 11.9 Å². The normalized spacial score (nSPS) is 19.6. The van der Waals surface area contributed by atoms with Gasteiger partial charge in [0.1, 0.15) is 0 Å². The number of carbonyl (C=O) groups is 1. The van der Waals surface area contributed by atoms with Crippen molar-refractivity contribution in [3.8, 4) is 0 Å². The van der Waals surface area contributed by atoms with Crippen LogP contribution in [0.25, 0.3) is 0 Å². The molecule has 1 fully saturated rings. The average Bonchev–Trinajstić information content (AvgIpc) is 2.77. The third kappa shape index (κ3) is 2.43. The fourth-order valence-corrected chi connectivity index (χ4v) is 2.16. The van der Waals surface area contributed by atoms with Crippen LogP contribution in [0.2, 0.25) is 0 Å². The molecule has 0 aliphatic carbocycles. The Morgan fingerprint density at radius 1 is 1.56 bits per heavy atom. The van der Waals surface area contributed by atoms with Crippen molar-refractivity contribution < 1.29 is 9.90 Å². The second kappa shape index (κ2) is 4.89. The zero-order chi connectivity index (χ0) is 13.3. The van der Waals surface area contributed by atoms with Crippen LogP contribution in [0.15, 0.2) is 6.20 Å². The summed E-state index contributed by atoms with van der Waals surface area (Å²) >= 11 is 0. The molecular weight excluding hydrogens is 232 g/mol. The maximum atomic E-state index is 10.9. The maximum Gasteiger partial charge on any atom is 0.339 e. The van der Waals surface area contributed by atoms with E-state index in [1.165, 1.54) is 6.20 Å². The lowest BCUT2D eigenvalue weighted by atomic mass is 10.2. The van der Waals surface area contributed by atoms with Gasteiger partial charge < -0.3 is 14.9 Å². The number of anilines is 1. The van der Waals surface area contributed by atoms with Crippen LogP contribution in [-0.4, -0.2) is 59.2 Å². The van der Waals surface area contributed by atoms with Gasteiger partial charge in [-0.2, -0.15) is 0 Å². The Morgan fingerprint density at radius 2 is 2.28 bits per heavy atom. The number of aryl methyl sites for hydroxylation is 1. The van der Waals surface area contributed by atoms with E-state index < -0.39 is 5.97 Å². The Labute approximate surface area is 106 Å². The number of carboxylic acids is 1. The van der Waals surface area contributed by atoms with Crippen LogP contribution < -0.4 is 4.90 Å². The predicted octanol–water partition coefficient (Wildman–Crippen LogP) is 0.624. The van der Waals surface area contributed by atoms with E-state index in [2.05, 4.69) is 33.9 Å². The van der Waals surface area contributed by atoms with E-state index >= 15 is 0 Å². The number of likely N-dealkylation sites (N-methyl/N-ethyl adjacent to an activating group) is 1. The van der Waals surface area contributed by atoms with Crippen molar-refractivity contribution in [3.63, 3.8) is 0 Å². The first kappa shape index (κ1) is 12.8. The molecule has 1 N–H and O–H groups in total. The smallest absolute Gasteiger partial charge is 0.339 e. The molecule has 18 heavy (non-hydrogen) atoms. The molecule has 0 saturated carbocycles. The van der Waals surface area contributed by atoms with E-state index in [0.29, 0.717) is 17.7 Å². The van der Waals surface area contributed by atoms with Crippen LogP contribution in [-0.2, 0) is 0 Å². The van der Waals surface area contributed by atoms with Gasteiger partial charge in [0.05, 0.1) is 11.3 Å². The van der Waals surface area contributed by atoms with E-state index in [0.717, 1.165) is 19.5 Å². The third-order valence-electron chi connectivity index (χ3n) is 3.37. The van der Waals surface area contributed by atoms with E-state index in [9.17, 15) is 4.79 Å². The number of rotatable bonds is 3. The summed E-state index contributed by atoms with van der Waals surface area (Å²) in [7, 11) is 4.13. The van der Waals surface area contributed by atoms with Crippen molar-refractivity contribution in [1.29, 1.82) is 0 Å². The molecule has 1 aromatic rings. The standard InChI is InChI=1S/C12H18N4O2/c1-8-10(11(17)18)6-13-12(14-8)16-5-4-9(7-16)15(2)3/h6,9H,4-5,7H2,1-3H3,(H,17,18). The first-order valence-electron chi connectivity index (χ1n) is 5.97. The Morgan fingerprint density at radius 3 is 2.78 bits per heavy atom. The Bertz CT molecular complexity index is 461. The second-order valence-corrected chi connectivity index (χ2v) is 4.83. The van der Waals surface area contributed by atoms with Crippen molar-refractivity contribution in [3.05, 3.63) is 17.5 Å². The van der Waals surface area contributed by atoms with Crippen molar-refractivity contribution in [2.75, 3.05) is 32.1 Å². The molecule has 0 amide bonds. The lowest BCUT2D eigenvalue weighted by Gasteiger charge is -2.20. The highest BCUT2D eigenvalue weighted by atomic mass is 16.4. The van der Waals surface area contributed by atoms with Gasteiger partial charge in [-0.25, -0.2) is 14.8 Å². The molecule has 2 rings (SSSR count). The summed E-state index contributed by atoms with van der Waals surface area (Å²) in [6, 6.07) is 0.507. The molecule has 6 nitrogen and oxygen atoms in total. The molecule has 2 heterocycles. The summed E-state index contributed by atoms with van der Waals surface area (Å²) in [5.41, 5.74) is 0.683. The summed E-state index contributed by atoms with van der Waals surface area (Å²) in [4.78, 5) is 23.6. The minimum atomic E-state index is -0.980. The minimum Gasteiger partial charge on any atom is -0.478 e. The molecule has 98 valence electrons. The number of aromatic carboxylic acids is 1. The fraction of sp³-hybridized carbons (Fsp3) is 0.583. The highest BCUT2D eigenvalue weighted by Gasteiger charge is 2.26. The van der Waals surface area contributed by atoms with E-state index in [1.54, 1.807) is 6.92 Å². The number of hydrogen-bond acceptors (Lipinski definition) is 5. The first-order valence-corrected chi connectivity index (χ1v) is 5.97. The Balaban J connectivity index is 2.16. The second-order valence-electron chi connectivity index (χ2n) is 4.83. The van der Waals surface area contributed by atoms with Crippen LogP contribution in [0.4, 0.5) is 5.95 Å². The molecule has 0 bridgehead atoms. The molecule has 1 aliphatic heterocycles. The lowest BCUT2D eigenvalue weighted by molar-refractivity contribution is 0.0695. The first-order chi connectivity index (χ1) is 8.49. The Kier molecular flexibility index (Phi) is 3.47. The summed E-state index contributed by atoms with van der Waals surface area (Å²) in [5, 5.41) is 8.94. The van der Waals surface area contributed by atoms with E-state index in [4.69, 9.17) is 5.11 Å². The maximum absolute atomic E-state index is 10.9. The van der Waals surface area contributed by atoms with Gasteiger partial charge in [-0.15, -0.1) is 0 Å². The van der Waals surface area contributed by atoms with Crippen LogP contribution in [0.5, 0.6) is 0 Å². The van der Waals surface area contributed by atoms with Gasteiger partial charge in [-0.3, -0.25) is 0 Å². The minimum absolute atomic E-state index is 0.169. The molecule has 1 unspecified atom stereocenters. The number of aromatic nitrogens is 2. The van der Waals surface area contributed by atoms with Crippen molar-refractivity contribution in [2.45, 2.75) is 19.4 Å². The number of carboxylic acid groups (broad SMARTS) is 1. The summed E-state index contributed by atoms with van der Waals surface area (Å²) in [6.07, 6.45) is 2.47. The molecule has 1 saturated heterocycles. The van der Waals surface area contributed by atoms with Gasteiger partial charge in [0.15, 0.2) is 0 Å². The third-order valence-corrected chi connectivity index (χ3v) is 3.37. The van der Waals surface area contributed by atoms with Crippen LogP contribution in [0, 0.1) is 6.92 Å². The van der Waals surface area contributed by atoms with Crippen LogP contribution in [0.1, 0.15) is 22.5 Å². The largest absolute Gasteiger partial charge is 0.478 e. The molecule has 0 radical (unpaired) electrons. The summed E-state index contributed by atoms with van der Waals surface area (Å²) < 4.78 is 0. The van der Waals surface area contributed by atoms with Gasteiger partial charge >= 0.3 is 5.97 Å². The summed E-state index contributed by atoms with van der Waals surface area (Å²) in [6.45, 7) is 3.50. The van der Waals surface area contributed by atoms with Gasteiger partial charge in [-0.1, -0.05) is 0 Å². The van der Waals surface area contributed by atoms with Gasteiger partial charge in [0.2, 0.25) is 5.95 Å². The molecule has 1 aliphatic rings. The van der Waals surface area contributed by atoms with Crippen LogP contribution in [0.3, 0.4) is 0 Å². The van der Waals surface area contributed by atoms with Gasteiger partial charge in [-0.05, 0) is 27.4 Å². The van der Waals surface area contributed by atoms with Crippen molar-refractivity contribution in [1.82, 2.24) is 14.9 Å². The number of hydrogen-bond donors (Lipinski definition) is 1. The zero-order valence-corrected chi connectivity index (χ0v) is 10.9. The molecule has 1 atom stereocenters. The fourth-order valence-electron chi connectivity index (χ4n) is 2.16. The topological polar surface area (TPSA) is 69.6 Å². The van der Waals surface area contributed by atoms with E-state index in [-0.39, 0.29) is 5.56 Å². The van der Waals surface area contributed by atoms with Crippen molar-refractivity contribution in [2.24, 2.45) is 0 Å². The van der Waals surface area contributed by atoms with Crippen LogP contribution >= 0.6 is 0 Å². The Hall–Kier alpha value is -1.69. The monoisotopic (exact) mass is 250 g/mol. The van der Waals surface area contributed by atoms with E-state index in [1.807, 2.05) is 0 Å². The highest BCUT2D eigenvalue weighted by molar-refractivity contribution is 5.88.